The SMILES string of the molecule is CCOC(=O)CNC(=O)[C@H](CC(C)C)NC(=O)[C@@H](CC(C)C)NC(=O)OCc1ccccc1. The van der Waals surface area contributed by atoms with E-state index in [1.54, 1.807) is 6.92 Å². The van der Waals surface area contributed by atoms with E-state index in [1.807, 2.05) is 58.0 Å². The van der Waals surface area contributed by atoms with Gasteiger partial charge < -0.3 is 25.4 Å². The number of carbonyl (C=O) groups excluding carboxylic acids is 4. The van der Waals surface area contributed by atoms with Gasteiger partial charge in [-0.05, 0) is 37.2 Å². The van der Waals surface area contributed by atoms with E-state index in [1.165, 1.54) is 0 Å². The number of carbonyl (C=O) groups is 4. The minimum Gasteiger partial charge on any atom is -0.465 e. The minimum absolute atomic E-state index is 0.0783. The molecule has 0 heterocycles. The fourth-order valence-electron chi connectivity index (χ4n) is 3.08. The standard InChI is InChI=1S/C24H37N3O6/c1-6-32-21(28)14-25-22(29)19(12-16(2)3)26-23(30)20(13-17(4)5)27-24(31)33-15-18-10-8-7-9-11-18/h7-11,16-17,19-20H,6,12-15H2,1-5H3,(H,25,29)(H,26,30)(H,27,31)/t19-,20+/m0/s1. The fourth-order valence-corrected chi connectivity index (χ4v) is 3.08. The summed E-state index contributed by atoms with van der Waals surface area (Å²) < 4.78 is 10.0. The summed E-state index contributed by atoms with van der Waals surface area (Å²) in [4.78, 5) is 49.4. The Morgan fingerprint density at radius 3 is 1.94 bits per heavy atom. The van der Waals surface area contributed by atoms with Gasteiger partial charge in [-0.1, -0.05) is 58.0 Å². The van der Waals surface area contributed by atoms with Crippen molar-refractivity contribution in [2.75, 3.05) is 13.2 Å². The normalized spacial score (nSPS) is 12.6. The highest BCUT2D eigenvalue weighted by Crippen LogP contribution is 2.10. The van der Waals surface area contributed by atoms with Gasteiger partial charge in [0.15, 0.2) is 0 Å². The Kier molecular flexibility index (Phi) is 12.6. The highest BCUT2D eigenvalue weighted by Gasteiger charge is 2.28. The molecule has 0 saturated heterocycles. The molecule has 1 aromatic carbocycles. The van der Waals surface area contributed by atoms with Crippen molar-refractivity contribution in [3.8, 4) is 0 Å². The number of nitrogens with one attached hydrogen (secondary N) is 3. The van der Waals surface area contributed by atoms with E-state index in [9.17, 15) is 19.2 Å². The molecule has 0 radical (unpaired) electrons. The number of rotatable bonds is 13. The van der Waals surface area contributed by atoms with E-state index in [0.717, 1.165) is 5.56 Å². The number of esters is 1. The van der Waals surface area contributed by atoms with Crippen LogP contribution >= 0.6 is 0 Å². The zero-order valence-electron chi connectivity index (χ0n) is 20.2. The summed E-state index contributed by atoms with van der Waals surface area (Å²) in [6.07, 6.45) is 0.0186. The Balaban J connectivity index is 2.76. The summed E-state index contributed by atoms with van der Waals surface area (Å²) in [6, 6.07) is 7.47. The van der Waals surface area contributed by atoms with Gasteiger partial charge in [0.1, 0.15) is 25.2 Å². The molecular formula is C24H37N3O6. The van der Waals surface area contributed by atoms with Crippen molar-refractivity contribution in [1.29, 1.82) is 0 Å². The van der Waals surface area contributed by atoms with Gasteiger partial charge in [0.25, 0.3) is 0 Å². The van der Waals surface area contributed by atoms with Crippen molar-refractivity contribution >= 4 is 23.9 Å². The molecule has 0 aliphatic carbocycles. The van der Waals surface area contributed by atoms with Crippen molar-refractivity contribution in [2.24, 2.45) is 11.8 Å². The first kappa shape index (κ1) is 27.9. The molecule has 3 amide bonds. The lowest BCUT2D eigenvalue weighted by molar-refractivity contribution is -0.143. The van der Waals surface area contributed by atoms with Crippen LogP contribution in [0, 0.1) is 11.8 Å². The van der Waals surface area contributed by atoms with Gasteiger partial charge in [0, 0.05) is 0 Å². The fraction of sp³-hybridized carbons (Fsp3) is 0.583. The van der Waals surface area contributed by atoms with Crippen LogP contribution in [-0.2, 0) is 30.5 Å². The third kappa shape index (κ3) is 11.9. The molecule has 1 aromatic rings. The first-order chi connectivity index (χ1) is 15.6. The Hall–Kier alpha value is -3.10. The van der Waals surface area contributed by atoms with Crippen LogP contribution < -0.4 is 16.0 Å². The Morgan fingerprint density at radius 1 is 0.818 bits per heavy atom. The van der Waals surface area contributed by atoms with Crippen molar-refractivity contribution in [2.45, 2.75) is 66.2 Å². The maximum Gasteiger partial charge on any atom is 0.408 e. The lowest BCUT2D eigenvalue weighted by atomic mass is 10.00. The molecule has 0 unspecified atom stereocenters. The number of hydrogen-bond acceptors (Lipinski definition) is 6. The zero-order valence-corrected chi connectivity index (χ0v) is 20.2. The van der Waals surface area contributed by atoms with Crippen molar-refractivity contribution in [3.63, 3.8) is 0 Å². The lowest BCUT2D eigenvalue weighted by Crippen LogP contribution is -2.54. The number of hydrogen-bond donors (Lipinski definition) is 3. The van der Waals surface area contributed by atoms with Crippen molar-refractivity contribution in [3.05, 3.63) is 35.9 Å². The largest absolute Gasteiger partial charge is 0.465 e. The summed E-state index contributed by atoms with van der Waals surface area (Å²) in [5.74, 6) is -1.31. The highest BCUT2D eigenvalue weighted by molar-refractivity contribution is 5.92. The molecule has 33 heavy (non-hydrogen) atoms. The van der Waals surface area contributed by atoms with Gasteiger partial charge in [0.05, 0.1) is 6.61 Å². The molecule has 3 N–H and O–H groups in total. The molecule has 0 bridgehead atoms. The van der Waals surface area contributed by atoms with Gasteiger partial charge in [-0.3, -0.25) is 14.4 Å². The molecule has 9 nitrogen and oxygen atoms in total. The molecule has 0 saturated carbocycles. The summed E-state index contributed by atoms with van der Waals surface area (Å²) in [5.41, 5.74) is 0.827. The monoisotopic (exact) mass is 463 g/mol. The van der Waals surface area contributed by atoms with Crippen LogP contribution in [0.3, 0.4) is 0 Å². The molecule has 0 aliphatic rings. The number of benzene rings is 1. The van der Waals surface area contributed by atoms with Crippen LogP contribution in [0.15, 0.2) is 30.3 Å². The third-order valence-electron chi connectivity index (χ3n) is 4.58. The van der Waals surface area contributed by atoms with Crippen LogP contribution in [0.2, 0.25) is 0 Å². The maximum absolute atomic E-state index is 13.0. The van der Waals surface area contributed by atoms with E-state index in [0.29, 0.717) is 12.8 Å². The molecule has 0 aliphatic heterocycles. The van der Waals surface area contributed by atoms with Crippen molar-refractivity contribution < 1.29 is 28.7 Å². The Labute approximate surface area is 196 Å². The van der Waals surface area contributed by atoms with Gasteiger partial charge >= 0.3 is 12.1 Å². The van der Waals surface area contributed by atoms with Gasteiger partial charge in [-0.15, -0.1) is 0 Å². The van der Waals surface area contributed by atoms with Crippen LogP contribution in [0.25, 0.3) is 0 Å². The van der Waals surface area contributed by atoms with Crippen LogP contribution in [0.1, 0.15) is 53.0 Å². The first-order valence-corrected chi connectivity index (χ1v) is 11.3. The summed E-state index contributed by atoms with van der Waals surface area (Å²) in [5, 5.41) is 7.82. The second kappa shape index (κ2) is 14.9. The van der Waals surface area contributed by atoms with Crippen LogP contribution in [-0.4, -0.2) is 49.1 Å². The van der Waals surface area contributed by atoms with Crippen LogP contribution in [0.5, 0.6) is 0 Å². The van der Waals surface area contributed by atoms with E-state index in [-0.39, 0.29) is 31.6 Å². The zero-order chi connectivity index (χ0) is 24.8. The predicted molar refractivity (Wildman–Crippen MR) is 124 cm³/mol. The summed E-state index contributed by atoms with van der Waals surface area (Å²) in [7, 11) is 0. The lowest BCUT2D eigenvalue weighted by Gasteiger charge is -2.25. The van der Waals surface area contributed by atoms with Gasteiger partial charge in [0.2, 0.25) is 11.8 Å². The first-order valence-electron chi connectivity index (χ1n) is 11.3. The third-order valence-corrected chi connectivity index (χ3v) is 4.58. The van der Waals surface area contributed by atoms with Gasteiger partial charge in [-0.2, -0.15) is 0 Å². The van der Waals surface area contributed by atoms with Gasteiger partial charge in [-0.25, -0.2) is 4.79 Å². The molecule has 1 rings (SSSR count). The molecule has 0 fully saturated rings. The Morgan fingerprint density at radius 2 is 1.39 bits per heavy atom. The molecular weight excluding hydrogens is 426 g/mol. The Bertz CT molecular complexity index is 767. The van der Waals surface area contributed by atoms with E-state index in [4.69, 9.17) is 9.47 Å². The van der Waals surface area contributed by atoms with E-state index < -0.39 is 36.0 Å². The predicted octanol–water partition coefficient (Wildman–Crippen LogP) is 2.54. The summed E-state index contributed by atoms with van der Waals surface area (Å²) >= 11 is 0. The molecule has 9 heteroatoms. The molecule has 184 valence electrons. The summed E-state index contributed by atoms with van der Waals surface area (Å²) in [6.45, 7) is 9.37. The van der Waals surface area contributed by atoms with E-state index in [2.05, 4.69) is 16.0 Å². The molecule has 0 aromatic heterocycles. The smallest absolute Gasteiger partial charge is 0.408 e. The quantitative estimate of drug-likeness (QED) is 0.386. The van der Waals surface area contributed by atoms with E-state index >= 15 is 0 Å². The highest BCUT2D eigenvalue weighted by atomic mass is 16.5. The number of amides is 3. The number of ether oxygens (including phenoxy) is 2. The topological polar surface area (TPSA) is 123 Å². The van der Waals surface area contributed by atoms with Crippen molar-refractivity contribution in [1.82, 2.24) is 16.0 Å². The molecule has 2 atom stereocenters. The van der Waals surface area contributed by atoms with Crippen LogP contribution in [0.4, 0.5) is 4.79 Å². The minimum atomic E-state index is -0.874. The second-order valence-corrected chi connectivity index (χ2v) is 8.60. The molecule has 0 spiro atoms. The second-order valence-electron chi connectivity index (χ2n) is 8.60. The maximum atomic E-state index is 13.0. The average Bonchev–Trinajstić information content (AvgIpc) is 2.75. The average molecular weight is 464 g/mol. The number of alkyl carbamates (subject to hydrolysis) is 1.